The van der Waals surface area contributed by atoms with E-state index in [1.54, 1.807) is 19.1 Å². The van der Waals surface area contributed by atoms with Crippen molar-refractivity contribution < 1.29 is 27.4 Å². The van der Waals surface area contributed by atoms with E-state index < -0.39 is 24.3 Å². The number of alkyl halides is 3. The molecule has 1 amide bonds. The first-order valence-corrected chi connectivity index (χ1v) is 6.52. The highest BCUT2D eigenvalue weighted by atomic mass is 35.5. The van der Waals surface area contributed by atoms with Crippen LogP contribution < -0.4 is 5.32 Å². The normalized spacial score (nSPS) is 17.8. The fourth-order valence-electron chi connectivity index (χ4n) is 1.91. The Bertz CT molecular complexity index is 542. The molecule has 1 heterocycles. The molecule has 116 valence electrons. The molecule has 0 aliphatic carbocycles. The Balaban J connectivity index is 2.08. The van der Waals surface area contributed by atoms with Crippen molar-refractivity contribution in [3.05, 3.63) is 28.8 Å². The van der Waals surface area contributed by atoms with Crippen molar-refractivity contribution >= 4 is 23.2 Å². The molecule has 1 saturated heterocycles. The van der Waals surface area contributed by atoms with Gasteiger partial charge in [-0.2, -0.15) is 13.2 Å². The number of carbonyl (C=O) groups excluding carboxylic acids is 1. The summed E-state index contributed by atoms with van der Waals surface area (Å²) in [6.45, 7) is 1.36. The highest BCUT2D eigenvalue weighted by molar-refractivity contribution is 6.31. The summed E-state index contributed by atoms with van der Waals surface area (Å²) in [7, 11) is 0. The summed E-state index contributed by atoms with van der Waals surface area (Å²) in [5, 5.41) is 2.76. The minimum Gasteiger partial charge on any atom is -0.340 e. The molecule has 1 aliphatic rings. The average Bonchev–Trinajstić information content (AvgIpc) is 2.83. The summed E-state index contributed by atoms with van der Waals surface area (Å²) in [5.41, 5.74) is 1.11. The van der Waals surface area contributed by atoms with Crippen molar-refractivity contribution in [2.45, 2.75) is 25.3 Å². The van der Waals surface area contributed by atoms with Gasteiger partial charge in [0.1, 0.15) is 0 Å². The summed E-state index contributed by atoms with van der Waals surface area (Å²) in [6, 6.07) is 4.67. The molecule has 1 aromatic rings. The molecule has 0 saturated carbocycles. The molecule has 1 N–H and O–H groups in total. The Morgan fingerprint density at radius 1 is 1.38 bits per heavy atom. The van der Waals surface area contributed by atoms with Gasteiger partial charge in [-0.15, -0.1) is 0 Å². The van der Waals surface area contributed by atoms with Crippen LogP contribution >= 0.6 is 11.6 Å². The Hall–Kier alpha value is -1.31. The third kappa shape index (κ3) is 3.48. The number of amides is 1. The summed E-state index contributed by atoms with van der Waals surface area (Å²) >= 11 is 5.89. The van der Waals surface area contributed by atoms with Gasteiger partial charge in [-0.3, -0.25) is 4.79 Å². The van der Waals surface area contributed by atoms with E-state index in [0.29, 0.717) is 10.7 Å². The Labute approximate surface area is 124 Å². The molecule has 0 aromatic heterocycles. The largest absolute Gasteiger partial charge is 0.443 e. The van der Waals surface area contributed by atoms with E-state index >= 15 is 0 Å². The third-order valence-electron chi connectivity index (χ3n) is 3.03. The van der Waals surface area contributed by atoms with E-state index in [0.717, 1.165) is 5.56 Å². The third-order valence-corrected chi connectivity index (χ3v) is 3.44. The highest BCUT2D eigenvalue weighted by Gasteiger charge is 2.61. The zero-order chi connectivity index (χ0) is 15.7. The number of anilines is 1. The lowest BCUT2D eigenvalue weighted by molar-refractivity contribution is -0.342. The van der Waals surface area contributed by atoms with Gasteiger partial charge in [0.15, 0.2) is 0 Å². The zero-order valence-electron chi connectivity index (χ0n) is 11.1. The van der Waals surface area contributed by atoms with E-state index in [1.807, 2.05) is 0 Å². The number of hydrogen-bond donors (Lipinski definition) is 1. The van der Waals surface area contributed by atoms with Crippen molar-refractivity contribution in [3.8, 4) is 0 Å². The fraction of sp³-hybridized carbons (Fsp3) is 0.462. The van der Waals surface area contributed by atoms with Crippen molar-refractivity contribution in [3.63, 3.8) is 0 Å². The smallest absolute Gasteiger partial charge is 0.340 e. The van der Waals surface area contributed by atoms with Crippen LogP contribution in [0.1, 0.15) is 12.0 Å². The minimum absolute atomic E-state index is 0.205. The van der Waals surface area contributed by atoms with E-state index in [2.05, 4.69) is 14.8 Å². The molecule has 21 heavy (non-hydrogen) atoms. The molecule has 0 unspecified atom stereocenters. The summed E-state index contributed by atoms with van der Waals surface area (Å²) in [4.78, 5) is 11.8. The van der Waals surface area contributed by atoms with Gasteiger partial charge in [-0.25, -0.2) is 0 Å². The van der Waals surface area contributed by atoms with Crippen LogP contribution in [-0.2, 0) is 14.3 Å². The monoisotopic (exact) mass is 323 g/mol. The minimum atomic E-state index is -4.79. The van der Waals surface area contributed by atoms with E-state index in [1.165, 1.54) is 6.07 Å². The number of benzene rings is 1. The number of halogens is 4. The standard InChI is InChI=1S/C13H13ClF3NO3/c1-8-2-3-9(6-10(8)14)18-11(19)7-12(13(15,16)17)20-4-5-21-12/h2-3,6H,4-5,7H2,1H3,(H,18,19). The Morgan fingerprint density at radius 2 is 2.00 bits per heavy atom. The van der Waals surface area contributed by atoms with Crippen molar-refractivity contribution in [1.82, 2.24) is 0 Å². The summed E-state index contributed by atoms with van der Waals surface area (Å²) in [5.74, 6) is -3.74. The van der Waals surface area contributed by atoms with E-state index in [-0.39, 0.29) is 13.2 Å². The summed E-state index contributed by atoms with van der Waals surface area (Å²) < 4.78 is 48.2. The topological polar surface area (TPSA) is 47.6 Å². The van der Waals surface area contributed by atoms with Crippen LogP contribution in [0, 0.1) is 6.92 Å². The lowest BCUT2D eigenvalue weighted by atomic mass is 10.1. The quantitative estimate of drug-likeness (QED) is 0.928. The van der Waals surface area contributed by atoms with Crippen LogP contribution in [0.15, 0.2) is 18.2 Å². The van der Waals surface area contributed by atoms with Gasteiger partial charge in [-0.05, 0) is 24.6 Å². The van der Waals surface area contributed by atoms with Crippen molar-refractivity contribution in [1.29, 1.82) is 0 Å². The van der Waals surface area contributed by atoms with Crippen LogP contribution in [0.4, 0.5) is 18.9 Å². The van der Waals surface area contributed by atoms with Crippen molar-refractivity contribution in [2.24, 2.45) is 0 Å². The van der Waals surface area contributed by atoms with Crippen LogP contribution in [-0.4, -0.2) is 31.1 Å². The predicted octanol–water partition coefficient (Wildman–Crippen LogP) is 3.28. The molecule has 4 nitrogen and oxygen atoms in total. The highest BCUT2D eigenvalue weighted by Crippen LogP contribution is 2.40. The number of rotatable bonds is 3. The molecule has 0 bridgehead atoms. The van der Waals surface area contributed by atoms with Crippen LogP contribution in [0.5, 0.6) is 0 Å². The maximum absolute atomic E-state index is 13.0. The predicted molar refractivity (Wildman–Crippen MR) is 70.1 cm³/mol. The van der Waals surface area contributed by atoms with E-state index in [4.69, 9.17) is 11.6 Å². The molecule has 2 rings (SSSR count). The van der Waals surface area contributed by atoms with Gasteiger partial charge in [0.2, 0.25) is 5.91 Å². The second-order valence-electron chi connectivity index (χ2n) is 4.64. The first kappa shape index (κ1) is 16.1. The number of carbonyl (C=O) groups is 1. The number of nitrogens with one attached hydrogen (secondary N) is 1. The maximum atomic E-state index is 13.0. The molecule has 0 radical (unpaired) electrons. The molecule has 1 aliphatic heterocycles. The van der Waals surface area contributed by atoms with Crippen molar-refractivity contribution in [2.75, 3.05) is 18.5 Å². The van der Waals surface area contributed by atoms with Gasteiger partial charge in [0.25, 0.3) is 5.79 Å². The van der Waals surface area contributed by atoms with Crippen LogP contribution in [0.25, 0.3) is 0 Å². The second-order valence-corrected chi connectivity index (χ2v) is 5.04. The van der Waals surface area contributed by atoms with Gasteiger partial charge in [-0.1, -0.05) is 17.7 Å². The number of aryl methyl sites for hydroxylation is 1. The van der Waals surface area contributed by atoms with Gasteiger partial charge in [0, 0.05) is 10.7 Å². The number of hydrogen-bond acceptors (Lipinski definition) is 3. The SMILES string of the molecule is Cc1ccc(NC(=O)CC2(C(F)(F)F)OCCO2)cc1Cl. The van der Waals surface area contributed by atoms with Gasteiger partial charge < -0.3 is 14.8 Å². The van der Waals surface area contributed by atoms with Crippen LogP contribution in [0.2, 0.25) is 5.02 Å². The Morgan fingerprint density at radius 3 is 2.52 bits per heavy atom. The second kappa shape index (κ2) is 5.82. The van der Waals surface area contributed by atoms with E-state index in [9.17, 15) is 18.0 Å². The molecule has 0 atom stereocenters. The molecular weight excluding hydrogens is 311 g/mol. The lowest BCUT2D eigenvalue weighted by Gasteiger charge is -2.28. The molecule has 1 fully saturated rings. The average molecular weight is 324 g/mol. The molecule has 0 spiro atoms. The maximum Gasteiger partial charge on any atom is 0.443 e. The van der Waals surface area contributed by atoms with Crippen LogP contribution in [0.3, 0.4) is 0 Å². The molecular formula is C13H13ClF3NO3. The zero-order valence-corrected chi connectivity index (χ0v) is 11.8. The Kier molecular flexibility index (Phi) is 4.46. The molecule has 1 aromatic carbocycles. The first-order chi connectivity index (χ1) is 9.73. The number of ether oxygens (including phenoxy) is 2. The fourth-order valence-corrected chi connectivity index (χ4v) is 2.09. The first-order valence-electron chi connectivity index (χ1n) is 6.14. The summed E-state index contributed by atoms with van der Waals surface area (Å²) in [6.07, 6.45) is -5.76. The lowest BCUT2D eigenvalue weighted by Crippen LogP contribution is -2.48. The van der Waals surface area contributed by atoms with Gasteiger partial charge in [0.05, 0.1) is 19.6 Å². The molecule has 8 heteroatoms. The van der Waals surface area contributed by atoms with Gasteiger partial charge >= 0.3 is 6.18 Å².